The van der Waals surface area contributed by atoms with E-state index in [9.17, 15) is 13.2 Å². The summed E-state index contributed by atoms with van der Waals surface area (Å²) in [5.41, 5.74) is 1.42. The van der Waals surface area contributed by atoms with Crippen molar-refractivity contribution in [1.29, 1.82) is 0 Å². The lowest BCUT2D eigenvalue weighted by atomic mass is 9.96. The number of carbonyl (C=O) groups is 1. The molecule has 7 nitrogen and oxygen atoms in total. The molecular weight excluding hydrogens is 404 g/mol. The van der Waals surface area contributed by atoms with Crippen molar-refractivity contribution in [3.63, 3.8) is 0 Å². The van der Waals surface area contributed by atoms with Crippen molar-refractivity contribution in [2.75, 3.05) is 33.9 Å². The Morgan fingerprint density at radius 3 is 2.73 bits per heavy atom. The van der Waals surface area contributed by atoms with Gasteiger partial charge in [-0.2, -0.15) is 4.31 Å². The van der Waals surface area contributed by atoms with Crippen LogP contribution in [0.5, 0.6) is 11.5 Å². The first-order chi connectivity index (χ1) is 14.5. The normalized spacial score (nSPS) is 20.3. The third-order valence-electron chi connectivity index (χ3n) is 5.87. The van der Waals surface area contributed by atoms with Gasteiger partial charge in [0.25, 0.3) is 0 Å². The molecule has 1 aliphatic carbocycles. The maximum atomic E-state index is 13.3. The molecule has 1 aliphatic heterocycles. The third-order valence-corrected chi connectivity index (χ3v) is 7.76. The predicted molar refractivity (Wildman–Crippen MR) is 115 cm³/mol. The number of methoxy groups -OCH3 is 2. The lowest BCUT2D eigenvalue weighted by molar-refractivity contribution is -0.126. The first-order valence-corrected chi connectivity index (χ1v) is 12.1. The standard InChI is InChI=1S/C22H32N2O5S/c1-28-19-10-11-20(29-2)21(15-19)30(26,27)24-14-6-9-18(16-24)22(25)23-13-12-17-7-4-3-5-8-17/h7,10-11,15,18H,3-6,8-9,12-14,16H2,1-2H3,(H,23,25)/t18-/m0/s1. The molecule has 30 heavy (non-hydrogen) atoms. The van der Waals surface area contributed by atoms with Crippen LogP contribution >= 0.6 is 0 Å². The van der Waals surface area contributed by atoms with E-state index in [0.717, 1.165) is 19.3 Å². The van der Waals surface area contributed by atoms with Crippen molar-refractivity contribution < 1.29 is 22.7 Å². The molecule has 1 heterocycles. The minimum absolute atomic E-state index is 0.0645. The van der Waals surface area contributed by atoms with Gasteiger partial charge in [0.15, 0.2) is 0 Å². The van der Waals surface area contributed by atoms with Gasteiger partial charge in [0.1, 0.15) is 16.4 Å². The van der Waals surface area contributed by atoms with Crippen molar-refractivity contribution in [1.82, 2.24) is 9.62 Å². The Bertz CT molecular complexity index is 882. The summed E-state index contributed by atoms with van der Waals surface area (Å²) in [6.07, 6.45) is 9.22. The Morgan fingerprint density at radius 1 is 1.20 bits per heavy atom. The van der Waals surface area contributed by atoms with Crippen LogP contribution in [0.1, 0.15) is 44.9 Å². The second-order valence-corrected chi connectivity index (χ2v) is 9.77. The second kappa shape index (κ2) is 10.3. The number of allylic oxidation sites excluding steroid dienone is 1. The number of nitrogens with one attached hydrogen (secondary N) is 1. The molecule has 0 bridgehead atoms. The highest BCUT2D eigenvalue weighted by Gasteiger charge is 2.35. The fourth-order valence-electron chi connectivity index (χ4n) is 4.12. The first kappa shape index (κ1) is 22.6. The molecule has 3 rings (SSSR count). The topological polar surface area (TPSA) is 84.9 Å². The van der Waals surface area contributed by atoms with Crippen LogP contribution in [0.4, 0.5) is 0 Å². The molecule has 1 aromatic carbocycles. The summed E-state index contributed by atoms with van der Waals surface area (Å²) >= 11 is 0. The smallest absolute Gasteiger partial charge is 0.246 e. The average Bonchev–Trinajstić information content (AvgIpc) is 2.79. The SMILES string of the molecule is COc1ccc(OC)c(S(=O)(=O)N2CCC[C@H](C(=O)NCCC3=CCCCC3)C2)c1. The van der Waals surface area contributed by atoms with Crippen LogP contribution in [0.25, 0.3) is 0 Å². The number of piperidine rings is 1. The summed E-state index contributed by atoms with van der Waals surface area (Å²) in [6.45, 7) is 1.17. The highest BCUT2D eigenvalue weighted by atomic mass is 32.2. The van der Waals surface area contributed by atoms with Crippen molar-refractivity contribution in [3.8, 4) is 11.5 Å². The lowest BCUT2D eigenvalue weighted by Gasteiger charge is -2.31. The summed E-state index contributed by atoms with van der Waals surface area (Å²) < 4.78 is 38.4. The van der Waals surface area contributed by atoms with Crippen LogP contribution in [0.15, 0.2) is 34.7 Å². The molecule has 0 radical (unpaired) electrons. The molecule has 0 unspecified atom stereocenters. The monoisotopic (exact) mass is 436 g/mol. The zero-order valence-corrected chi connectivity index (χ0v) is 18.7. The summed E-state index contributed by atoms with van der Waals surface area (Å²) in [6, 6.07) is 4.71. The summed E-state index contributed by atoms with van der Waals surface area (Å²) in [5, 5.41) is 3.01. The number of hydrogen-bond acceptors (Lipinski definition) is 5. The number of sulfonamides is 1. The van der Waals surface area contributed by atoms with Gasteiger partial charge in [0, 0.05) is 25.7 Å². The minimum atomic E-state index is -3.80. The number of rotatable bonds is 8. The van der Waals surface area contributed by atoms with E-state index in [1.807, 2.05) is 0 Å². The molecule has 1 aromatic rings. The Labute approximate surface area is 179 Å². The van der Waals surface area contributed by atoms with Gasteiger partial charge in [0.2, 0.25) is 15.9 Å². The zero-order chi connectivity index (χ0) is 21.6. The Balaban J connectivity index is 1.64. The fourth-order valence-corrected chi connectivity index (χ4v) is 5.82. The second-order valence-electron chi connectivity index (χ2n) is 7.87. The molecule has 1 saturated heterocycles. The molecule has 8 heteroatoms. The van der Waals surface area contributed by atoms with Crippen LogP contribution in [-0.4, -0.2) is 52.5 Å². The van der Waals surface area contributed by atoms with E-state index >= 15 is 0 Å². The van der Waals surface area contributed by atoms with Gasteiger partial charge in [-0.3, -0.25) is 4.79 Å². The van der Waals surface area contributed by atoms with Gasteiger partial charge >= 0.3 is 0 Å². The van der Waals surface area contributed by atoms with Crippen LogP contribution in [-0.2, 0) is 14.8 Å². The molecule has 0 aromatic heterocycles. The van der Waals surface area contributed by atoms with Gasteiger partial charge in [-0.1, -0.05) is 11.6 Å². The van der Waals surface area contributed by atoms with E-state index in [-0.39, 0.29) is 29.0 Å². The summed E-state index contributed by atoms with van der Waals surface area (Å²) in [5.74, 6) is 0.301. The van der Waals surface area contributed by atoms with E-state index in [0.29, 0.717) is 31.7 Å². The number of carbonyl (C=O) groups excluding carboxylic acids is 1. The fraction of sp³-hybridized carbons (Fsp3) is 0.591. The highest BCUT2D eigenvalue weighted by molar-refractivity contribution is 7.89. The number of amides is 1. The van der Waals surface area contributed by atoms with Crippen LogP contribution in [0.2, 0.25) is 0 Å². The lowest BCUT2D eigenvalue weighted by Crippen LogP contribution is -2.45. The van der Waals surface area contributed by atoms with E-state index < -0.39 is 10.0 Å². The largest absolute Gasteiger partial charge is 0.497 e. The van der Waals surface area contributed by atoms with Gasteiger partial charge in [-0.15, -0.1) is 0 Å². The van der Waals surface area contributed by atoms with Crippen LogP contribution in [0, 0.1) is 5.92 Å². The van der Waals surface area contributed by atoms with Crippen molar-refractivity contribution >= 4 is 15.9 Å². The molecule has 0 spiro atoms. The molecule has 1 N–H and O–H groups in total. The van der Waals surface area contributed by atoms with Gasteiger partial charge < -0.3 is 14.8 Å². The van der Waals surface area contributed by atoms with Crippen molar-refractivity contribution in [2.45, 2.75) is 49.8 Å². The maximum Gasteiger partial charge on any atom is 0.246 e. The molecule has 1 amide bonds. The number of ether oxygens (including phenoxy) is 2. The molecule has 166 valence electrons. The van der Waals surface area contributed by atoms with Crippen LogP contribution < -0.4 is 14.8 Å². The van der Waals surface area contributed by atoms with Gasteiger partial charge in [-0.25, -0.2) is 8.42 Å². The first-order valence-electron chi connectivity index (χ1n) is 10.6. The number of nitrogens with zero attached hydrogens (tertiary/aromatic N) is 1. The zero-order valence-electron chi connectivity index (χ0n) is 17.9. The van der Waals surface area contributed by atoms with Crippen molar-refractivity contribution in [3.05, 3.63) is 29.8 Å². The van der Waals surface area contributed by atoms with Gasteiger partial charge in [-0.05, 0) is 57.1 Å². The van der Waals surface area contributed by atoms with E-state index in [1.165, 1.54) is 43.0 Å². The predicted octanol–water partition coefficient (Wildman–Crippen LogP) is 3.11. The maximum absolute atomic E-state index is 13.3. The molecular formula is C22H32N2O5S. The third kappa shape index (κ3) is 5.35. The van der Waals surface area contributed by atoms with Crippen molar-refractivity contribution in [2.24, 2.45) is 5.92 Å². The van der Waals surface area contributed by atoms with E-state index in [2.05, 4.69) is 11.4 Å². The Morgan fingerprint density at radius 2 is 2.03 bits per heavy atom. The molecule has 0 saturated carbocycles. The Kier molecular flexibility index (Phi) is 7.77. The summed E-state index contributed by atoms with van der Waals surface area (Å²) in [7, 11) is -0.874. The quantitative estimate of drug-likeness (QED) is 0.633. The number of hydrogen-bond donors (Lipinski definition) is 1. The number of benzene rings is 1. The molecule has 1 atom stereocenters. The van der Waals surface area contributed by atoms with E-state index in [4.69, 9.17) is 9.47 Å². The minimum Gasteiger partial charge on any atom is -0.497 e. The molecule has 2 aliphatic rings. The summed E-state index contributed by atoms with van der Waals surface area (Å²) in [4.78, 5) is 12.7. The van der Waals surface area contributed by atoms with Gasteiger partial charge in [0.05, 0.1) is 20.1 Å². The van der Waals surface area contributed by atoms with Crippen LogP contribution in [0.3, 0.4) is 0 Å². The highest BCUT2D eigenvalue weighted by Crippen LogP contribution is 2.32. The average molecular weight is 437 g/mol. The Hall–Kier alpha value is -2.06. The molecule has 1 fully saturated rings. The van der Waals surface area contributed by atoms with E-state index in [1.54, 1.807) is 12.1 Å².